The van der Waals surface area contributed by atoms with Crippen LogP contribution in [0.1, 0.15) is 46.9 Å². The molecule has 1 aromatic carbocycles. The van der Waals surface area contributed by atoms with E-state index in [0.29, 0.717) is 18.0 Å². The summed E-state index contributed by atoms with van der Waals surface area (Å²) in [5.74, 6) is 0.839. The van der Waals surface area contributed by atoms with Gasteiger partial charge in [0.25, 0.3) is 0 Å². The normalized spacial score (nSPS) is 11.2. The molecule has 0 radical (unpaired) electrons. The van der Waals surface area contributed by atoms with Crippen LogP contribution in [0.15, 0.2) is 35.5 Å². The number of benzene rings is 1. The number of methoxy groups -OCH3 is 1. The molecule has 0 saturated heterocycles. The topological polar surface area (TPSA) is 71.8 Å². The number of carbonyl (C=O) groups excluding carboxylic acids is 1. The molecule has 0 fully saturated rings. The number of rotatable bonds is 6. The van der Waals surface area contributed by atoms with Crippen molar-refractivity contribution in [2.24, 2.45) is 12.0 Å². The van der Waals surface area contributed by atoms with Crippen LogP contribution in [-0.2, 0) is 24.9 Å². The van der Waals surface area contributed by atoms with Crippen molar-refractivity contribution in [2.75, 3.05) is 21.2 Å². The van der Waals surface area contributed by atoms with Crippen LogP contribution in [0.25, 0.3) is 0 Å². The van der Waals surface area contributed by atoms with Gasteiger partial charge in [-0.1, -0.05) is 26.0 Å². The highest BCUT2D eigenvalue weighted by Crippen LogP contribution is 2.18. The fraction of sp³-hybridized carbons (Fsp3) is 0.450. The molecule has 2 aromatic rings. The highest BCUT2D eigenvalue weighted by molar-refractivity contribution is 14.0. The molecule has 1 N–H and O–H groups in total. The summed E-state index contributed by atoms with van der Waals surface area (Å²) in [4.78, 5) is 18.0. The molecule has 0 atom stereocenters. The third-order valence-electron chi connectivity index (χ3n) is 4.29. The van der Waals surface area contributed by atoms with E-state index in [1.165, 1.54) is 12.7 Å². The fourth-order valence-corrected chi connectivity index (χ4v) is 2.94. The van der Waals surface area contributed by atoms with Gasteiger partial charge in [-0.25, -0.2) is 4.79 Å². The molecule has 0 spiro atoms. The summed E-state index contributed by atoms with van der Waals surface area (Å²) >= 11 is 0. The van der Waals surface area contributed by atoms with Gasteiger partial charge in [0, 0.05) is 46.0 Å². The second-order valence-corrected chi connectivity index (χ2v) is 6.81. The molecule has 1 aromatic heterocycles. The van der Waals surface area contributed by atoms with Gasteiger partial charge in [-0.05, 0) is 23.6 Å². The van der Waals surface area contributed by atoms with Crippen molar-refractivity contribution < 1.29 is 9.53 Å². The van der Waals surface area contributed by atoms with Gasteiger partial charge in [-0.2, -0.15) is 5.10 Å². The van der Waals surface area contributed by atoms with E-state index in [4.69, 9.17) is 4.74 Å². The fourth-order valence-electron chi connectivity index (χ4n) is 2.94. The number of carbonyl (C=O) groups is 1. The van der Waals surface area contributed by atoms with Crippen LogP contribution >= 0.6 is 24.0 Å². The second kappa shape index (κ2) is 11.0. The zero-order valence-electron chi connectivity index (χ0n) is 17.4. The van der Waals surface area contributed by atoms with Gasteiger partial charge in [-0.15, -0.1) is 24.0 Å². The van der Waals surface area contributed by atoms with Gasteiger partial charge in [-0.3, -0.25) is 9.67 Å². The lowest BCUT2D eigenvalue weighted by Crippen LogP contribution is -2.38. The number of hydrogen-bond acceptors (Lipinski definition) is 4. The molecule has 0 amide bonds. The van der Waals surface area contributed by atoms with Crippen LogP contribution in [-0.4, -0.2) is 47.8 Å². The van der Waals surface area contributed by atoms with E-state index >= 15 is 0 Å². The molecule has 0 aliphatic rings. The molecule has 0 saturated carbocycles. The van der Waals surface area contributed by atoms with Crippen LogP contribution in [0.4, 0.5) is 0 Å². The van der Waals surface area contributed by atoms with Crippen molar-refractivity contribution in [1.82, 2.24) is 20.0 Å². The lowest BCUT2D eigenvalue weighted by atomic mass is 10.1. The SMILES string of the molecule is CN=C(NCc1ccc(C(=O)OC)cc1)N(C)Cc1cn(C)nc1C(C)C.I. The van der Waals surface area contributed by atoms with Crippen LogP contribution < -0.4 is 5.32 Å². The largest absolute Gasteiger partial charge is 0.465 e. The van der Waals surface area contributed by atoms with Crippen LogP contribution in [0.2, 0.25) is 0 Å². The molecule has 0 bridgehead atoms. The Morgan fingerprint density at radius 1 is 1.32 bits per heavy atom. The van der Waals surface area contributed by atoms with Crippen molar-refractivity contribution in [3.63, 3.8) is 0 Å². The highest BCUT2D eigenvalue weighted by atomic mass is 127. The predicted molar refractivity (Wildman–Crippen MR) is 122 cm³/mol. The predicted octanol–water partition coefficient (Wildman–Crippen LogP) is 3.16. The van der Waals surface area contributed by atoms with E-state index in [0.717, 1.165) is 23.8 Å². The number of aryl methyl sites for hydroxylation is 1. The lowest BCUT2D eigenvalue weighted by molar-refractivity contribution is 0.0600. The number of nitrogens with one attached hydrogen (secondary N) is 1. The van der Waals surface area contributed by atoms with Gasteiger partial charge in [0.2, 0.25) is 0 Å². The maximum atomic E-state index is 11.5. The molecule has 1 heterocycles. The van der Waals surface area contributed by atoms with Crippen molar-refractivity contribution in [2.45, 2.75) is 32.9 Å². The van der Waals surface area contributed by atoms with Gasteiger partial charge in [0.05, 0.1) is 18.4 Å². The number of guanidine groups is 1. The van der Waals surface area contributed by atoms with Gasteiger partial charge in [0.1, 0.15) is 0 Å². The maximum absolute atomic E-state index is 11.5. The smallest absolute Gasteiger partial charge is 0.337 e. The van der Waals surface area contributed by atoms with Gasteiger partial charge in [0.15, 0.2) is 5.96 Å². The summed E-state index contributed by atoms with van der Waals surface area (Å²) in [5.41, 5.74) is 3.90. The van der Waals surface area contributed by atoms with E-state index in [9.17, 15) is 4.79 Å². The Labute approximate surface area is 184 Å². The molecular weight excluding hydrogens is 469 g/mol. The minimum absolute atomic E-state index is 0. The molecule has 7 nitrogen and oxygen atoms in total. The summed E-state index contributed by atoms with van der Waals surface area (Å²) in [5, 5.41) is 7.92. The number of halogens is 1. The molecular formula is C20H30IN5O2. The number of aliphatic imine (C=N–C) groups is 1. The third kappa shape index (κ3) is 6.22. The van der Waals surface area contributed by atoms with Crippen molar-refractivity contribution >= 4 is 35.9 Å². The Balaban J connectivity index is 0.00000392. The highest BCUT2D eigenvalue weighted by Gasteiger charge is 2.15. The number of nitrogens with zero attached hydrogens (tertiary/aromatic N) is 4. The molecule has 154 valence electrons. The number of ether oxygens (including phenoxy) is 1. The maximum Gasteiger partial charge on any atom is 0.337 e. The monoisotopic (exact) mass is 499 g/mol. The van der Waals surface area contributed by atoms with Crippen molar-refractivity contribution in [3.05, 3.63) is 52.8 Å². The van der Waals surface area contributed by atoms with Crippen molar-refractivity contribution in [3.8, 4) is 0 Å². The Hall–Kier alpha value is -2.10. The first-order chi connectivity index (χ1) is 12.8. The summed E-state index contributed by atoms with van der Waals surface area (Å²) in [6, 6.07) is 7.34. The molecule has 8 heteroatoms. The first-order valence-electron chi connectivity index (χ1n) is 8.97. The van der Waals surface area contributed by atoms with E-state index in [1.54, 1.807) is 19.2 Å². The first kappa shape index (κ1) is 23.9. The van der Waals surface area contributed by atoms with Crippen LogP contribution in [0.3, 0.4) is 0 Å². The van der Waals surface area contributed by atoms with Gasteiger partial charge >= 0.3 is 5.97 Å². The van der Waals surface area contributed by atoms with E-state index in [-0.39, 0.29) is 29.9 Å². The Bertz CT molecular complexity index is 799. The Kier molecular flexibility index (Phi) is 9.44. The average Bonchev–Trinajstić information content (AvgIpc) is 3.02. The third-order valence-corrected chi connectivity index (χ3v) is 4.29. The molecule has 28 heavy (non-hydrogen) atoms. The number of hydrogen-bond donors (Lipinski definition) is 1. The van der Waals surface area contributed by atoms with Crippen LogP contribution in [0, 0.1) is 0 Å². The summed E-state index contributed by atoms with van der Waals surface area (Å²) in [7, 11) is 7.10. The quantitative estimate of drug-likeness (QED) is 0.286. The number of esters is 1. The molecule has 2 rings (SSSR count). The Morgan fingerprint density at radius 2 is 1.96 bits per heavy atom. The standard InChI is InChI=1S/C20H29N5O2.HI/c1-14(2)18-17(13-25(5)23-18)12-24(4)20(21-3)22-11-15-7-9-16(10-8-15)19(26)27-6;/h7-10,13-14H,11-12H2,1-6H3,(H,21,22);1H. The molecule has 0 aliphatic carbocycles. The van der Waals surface area contributed by atoms with Crippen LogP contribution in [0.5, 0.6) is 0 Å². The minimum atomic E-state index is -0.331. The molecule has 0 aliphatic heterocycles. The lowest BCUT2D eigenvalue weighted by Gasteiger charge is -2.22. The summed E-state index contributed by atoms with van der Waals surface area (Å²) in [6.07, 6.45) is 2.06. The molecule has 0 unspecified atom stereocenters. The van der Waals surface area contributed by atoms with E-state index < -0.39 is 0 Å². The minimum Gasteiger partial charge on any atom is -0.465 e. The van der Waals surface area contributed by atoms with E-state index in [1.807, 2.05) is 30.9 Å². The zero-order valence-corrected chi connectivity index (χ0v) is 19.7. The average molecular weight is 499 g/mol. The van der Waals surface area contributed by atoms with Crippen molar-refractivity contribution in [1.29, 1.82) is 0 Å². The Morgan fingerprint density at radius 3 is 2.50 bits per heavy atom. The number of aromatic nitrogens is 2. The van der Waals surface area contributed by atoms with E-state index in [2.05, 4.69) is 40.4 Å². The second-order valence-electron chi connectivity index (χ2n) is 6.81. The van der Waals surface area contributed by atoms with Gasteiger partial charge < -0.3 is 15.0 Å². The summed E-state index contributed by atoms with van der Waals surface area (Å²) in [6.45, 7) is 5.64. The zero-order chi connectivity index (χ0) is 20.0. The first-order valence-corrected chi connectivity index (χ1v) is 8.97. The summed E-state index contributed by atoms with van der Waals surface area (Å²) < 4.78 is 6.58.